The maximum atomic E-state index is 12.3. The molecule has 6 nitrogen and oxygen atoms in total. The van der Waals surface area contributed by atoms with Crippen molar-refractivity contribution in [2.45, 2.75) is 19.4 Å². The van der Waals surface area contributed by atoms with E-state index in [0.29, 0.717) is 24.7 Å². The zero-order valence-electron chi connectivity index (χ0n) is 14.6. The van der Waals surface area contributed by atoms with Gasteiger partial charge in [-0.05, 0) is 55.8 Å². The minimum atomic E-state index is -0.577. The van der Waals surface area contributed by atoms with Crippen molar-refractivity contribution in [1.82, 2.24) is 5.32 Å². The van der Waals surface area contributed by atoms with E-state index < -0.39 is 5.54 Å². The van der Waals surface area contributed by atoms with Crippen LogP contribution in [0.25, 0.3) is 0 Å². The van der Waals surface area contributed by atoms with Crippen molar-refractivity contribution in [3.63, 3.8) is 0 Å². The normalized spacial score (nSPS) is 13.1. The first-order valence-electron chi connectivity index (χ1n) is 8.11. The molecule has 6 heteroatoms. The monoisotopic (exact) mass is 342 g/mol. The first-order chi connectivity index (χ1) is 12.0. The number of carbonyl (C=O) groups is 1. The summed E-state index contributed by atoms with van der Waals surface area (Å²) in [5.74, 6) is 2.17. The zero-order valence-corrected chi connectivity index (χ0v) is 14.6. The second kappa shape index (κ2) is 6.93. The van der Waals surface area contributed by atoms with Crippen molar-refractivity contribution < 1.29 is 19.0 Å². The van der Waals surface area contributed by atoms with E-state index in [-0.39, 0.29) is 6.03 Å². The molecule has 0 radical (unpaired) electrons. The predicted octanol–water partition coefficient (Wildman–Crippen LogP) is 3.52. The summed E-state index contributed by atoms with van der Waals surface area (Å²) in [6.45, 7) is 4.96. The van der Waals surface area contributed by atoms with E-state index in [0.717, 1.165) is 17.1 Å². The first-order valence-corrected chi connectivity index (χ1v) is 8.11. The van der Waals surface area contributed by atoms with E-state index in [2.05, 4.69) is 10.6 Å². The quantitative estimate of drug-likeness (QED) is 0.892. The third-order valence-corrected chi connectivity index (χ3v) is 4.04. The molecule has 2 aromatic carbocycles. The molecule has 2 N–H and O–H groups in total. The first kappa shape index (κ1) is 17.0. The largest absolute Gasteiger partial charge is 0.497 e. The number of hydrogen-bond donors (Lipinski definition) is 2. The van der Waals surface area contributed by atoms with Crippen LogP contribution in [0.2, 0.25) is 0 Å². The number of urea groups is 1. The number of ether oxygens (including phenoxy) is 3. The fourth-order valence-corrected chi connectivity index (χ4v) is 2.62. The Kier molecular flexibility index (Phi) is 4.70. The highest BCUT2D eigenvalue weighted by Crippen LogP contribution is 2.34. The lowest BCUT2D eigenvalue weighted by atomic mass is 9.94. The van der Waals surface area contributed by atoms with Gasteiger partial charge in [0.1, 0.15) is 19.0 Å². The summed E-state index contributed by atoms with van der Waals surface area (Å²) in [5, 5.41) is 5.80. The Hall–Kier alpha value is -2.89. The van der Waals surface area contributed by atoms with Crippen molar-refractivity contribution in [2.24, 2.45) is 0 Å². The Bertz CT molecular complexity index is 757. The molecule has 2 aromatic rings. The van der Waals surface area contributed by atoms with E-state index in [1.807, 2.05) is 32.0 Å². The van der Waals surface area contributed by atoms with Gasteiger partial charge in [0.25, 0.3) is 0 Å². The highest BCUT2D eigenvalue weighted by Gasteiger charge is 2.25. The van der Waals surface area contributed by atoms with Crippen LogP contribution in [0.15, 0.2) is 42.5 Å². The number of fused-ring (bicyclic) bond motifs is 1. The average molecular weight is 342 g/mol. The van der Waals surface area contributed by atoms with Crippen LogP contribution < -0.4 is 24.8 Å². The Balaban J connectivity index is 1.68. The fourth-order valence-electron chi connectivity index (χ4n) is 2.62. The average Bonchev–Trinajstić information content (AvgIpc) is 2.61. The van der Waals surface area contributed by atoms with Crippen LogP contribution in [0.3, 0.4) is 0 Å². The second-order valence-corrected chi connectivity index (χ2v) is 6.29. The molecule has 0 fully saturated rings. The molecular formula is C19H22N2O4. The smallest absolute Gasteiger partial charge is 0.319 e. The number of methoxy groups -OCH3 is 1. The number of rotatable bonds is 4. The molecule has 25 heavy (non-hydrogen) atoms. The van der Waals surface area contributed by atoms with Crippen LogP contribution in [0.1, 0.15) is 19.4 Å². The molecule has 132 valence electrons. The standard InChI is InChI=1S/C19H22N2O4/c1-19(2,13-4-9-16-17(12-13)25-11-10-24-16)21-18(22)20-14-5-7-15(23-3)8-6-14/h4-9,12H,10-11H2,1-3H3,(H2,20,21,22). The molecule has 0 saturated carbocycles. The summed E-state index contributed by atoms with van der Waals surface area (Å²) in [6.07, 6.45) is 0. The van der Waals surface area contributed by atoms with Gasteiger partial charge in [-0.1, -0.05) is 6.07 Å². The number of benzene rings is 2. The van der Waals surface area contributed by atoms with Gasteiger partial charge in [0.15, 0.2) is 11.5 Å². The van der Waals surface area contributed by atoms with Gasteiger partial charge in [0.05, 0.1) is 12.6 Å². The maximum Gasteiger partial charge on any atom is 0.319 e. The number of anilines is 1. The van der Waals surface area contributed by atoms with Gasteiger partial charge in [0, 0.05) is 5.69 Å². The summed E-state index contributed by atoms with van der Waals surface area (Å²) in [7, 11) is 1.60. The summed E-state index contributed by atoms with van der Waals surface area (Å²) in [4.78, 5) is 12.3. The van der Waals surface area contributed by atoms with Crippen LogP contribution in [0, 0.1) is 0 Å². The third-order valence-electron chi connectivity index (χ3n) is 4.04. The fraction of sp³-hybridized carbons (Fsp3) is 0.316. The lowest BCUT2D eigenvalue weighted by Crippen LogP contribution is -2.43. The summed E-state index contributed by atoms with van der Waals surface area (Å²) >= 11 is 0. The molecule has 1 aliphatic rings. The van der Waals surface area contributed by atoms with Crippen LogP contribution in [0.4, 0.5) is 10.5 Å². The minimum absolute atomic E-state index is 0.287. The third kappa shape index (κ3) is 3.96. The number of carbonyl (C=O) groups excluding carboxylic acids is 1. The van der Waals surface area contributed by atoms with Crippen molar-refractivity contribution in [3.8, 4) is 17.2 Å². The molecule has 2 amide bonds. The van der Waals surface area contributed by atoms with Crippen LogP contribution >= 0.6 is 0 Å². The van der Waals surface area contributed by atoms with E-state index in [1.54, 1.807) is 31.4 Å². The Labute approximate surface area is 147 Å². The Morgan fingerprint density at radius 2 is 1.72 bits per heavy atom. The van der Waals surface area contributed by atoms with Crippen molar-refractivity contribution >= 4 is 11.7 Å². The molecule has 0 atom stereocenters. The molecule has 3 rings (SSSR count). The molecular weight excluding hydrogens is 320 g/mol. The number of amides is 2. The van der Waals surface area contributed by atoms with Gasteiger partial charge >= 0.3 is 6.03 Å². The summed E-state index contributed by atoms with van der Waals surface area (Å²) in [5.41, 5.74) is 1.05. The van der Waals surface area contributed by atoms with Crippen LogP contribution in [-0.4, -0.2) is 26.4 Å². The molecule has 0 aromatic heterocycles. The number of hydrogen-bond acceptors (Lipinski definition) is 4. The Morgan fingerprint density at radius 1 is 1.04 bits per heavy atom. The van der Waals surface area contributed by atoms with E-state index in [1.165, 1.54) is 0 Å². The SMILES string of the molecule is COc1ccc(NC(=O)NC(C)(C)c2ccc3c(c2)OCCO3)cc1. The van der Waals surface area contributed by atoms with Gasteiger partial charge in [-0.2, -0.15) is 0 Å². The van der Waals surface area contributed by atoms with Crippen LogP contribution in [-0.2, 0) is 5.54 Å². The number of nitrogens with one attached hydrogen (secondary N) is 2. The molecule has 1 aliphatic heterocycles. The summed E-state index contributed by atoms with van der Waals surface area (Å²) < 4.78 is 16.3. The predicted molar refractivity (Wildman–Crippen MR) is 95.6 cm³/mol. The molecule has 0 bridgehead atoms. The van der Waals surface area contributed by atoms with Gasteiger partial charge in [-0.15, -0.1) is 0 Å². The Morgan fingerprint density at radius 3 is 2.40 bits per heavy atom. The van der Waals surface area contributed by atoms with Crippen molar-refractivity contribution in [2.75, 3.05) is 25.6 Å². The van der Waals surface area contributed by atoms with E-state index in [9.17, 15) is 4.79 Å². The van der Waals surface area contributed by atoms with Gasteiger partial charge in [-0.25, -0.2) is 4.79 Å². The lowest BCUT2D eigenvalue weighted by molar-refractivity contribution is 0.171. The lowest BCUT2D eigenvalue weighted by Gasteiger charge is -2.28. The molecule has 0 unspecified atom stereocenters. The molecule has 1 heterocycles. The zero-order chi connectivity index (χ0) is 17.9. The molecule has 0 spiro atoms. The van der Waals surface area contributed by atoms with Crippen molar-refractivity contribution in [3.05, 3.63) is 48.0 Å². The van der Waals surface area contributed by atoms with E-state index in [4.69, 9.17) is 14.2 Å². The van der Waals surface area contributed by atoms with Gasteiger partial charge in [-0.3, -0.25) is 0 Å². The second-order valence-electron chi connectivity index (χ2n) is 6.29. The van der Waals surface area contributed by atoms with Gasteiger partial charge in [0.2, 0.25) is 0 Å². The minimum Gasteiger partial charge on any atom is -0.497 e. The van der Waals surface area contributed by atoms with Crippen LogP contribution in [0.5, 0.6) is 17.2 Å². The van der Waals surface area contributed by atoms with Gasteiger partial charge < -0.3 is 24.8 Å². The molecule has 0 aliphatic carbocycles. The highest BCUT2D eigenvalue weighted by molar-refractivity contribution is 5.89. The summed E-state index contributed by atoms with van der Waals surface area (Å²) in [6, 6.07) is 12.6. The van der Waals surface area contributed by atoms with E-state index >= 15 is 0 Å². The van der Waals surface area contributed by atoms with Crippen molar-refractivity contribution in [1.29, 1.82) is 0 Å². The highest BCUT2D eigenvalue weighted by atomic mass is 16.6. The molecule has 0 saturated heterocycles. The maximum absolute atomic E-state index is 12.3. The topological polar surface area (TPSA) is 68.8 Å².